The van der Waals surface area contributed by atoms with Crippen LogP contribution in [0.1, 0.15) is 32.6 Å². The Bertz CT molecular complexity index is 694. The summed E-state index contributed by atoms with van der Waals surface area (Å²) in [5.74, 6) is -0.217. The Labute approximate surface area is 124 Å². The summed E-state index contributed by atoms with van der Waals surface area (Å²) in [4.78, 5) is 12.6. The SMILES string of the molecule is Cc1ccc(F)cc1CC(=O)c1cccc2c1CCNC2. The van der Waals surface area contributed by atoms with Crippen LogP contribution >= 0.6 is 0 Å². The normalized spacial score (nSPS) is 13.8. The molecule has 0 bridgehead atoms. The summed E-state index contributed by atoms with van der Waals surface area (Å²) in [5.41, 5.74) is 4.86. The molecule has 2 aromatic rings. The molecule has 0 atom stereocenters. The molecule has 0 saturated heterocycles. The van der Waals surface area contributed by atoms with Gasteiger partial charge in [0.1, 0.15) is 5.82 Å². The lowest BCUT2D eigenvalue weighted by Crippen LogP contribution is -2.25. The number of nitrogens with one attached hydrogen (secondary N) is 1. The Kier molecular flexibility index (Phi) is 3.84. The van der Waals surface area contributed by atoms with Gasteiger partial charge < -0.3 is 5.32 Å². The van der Waals surface area contributed by atoms with E-state index in [4.69, 9.17) is 0 Å². The minimum Gasteiger partial charge on any atom is -0.312 e. The first kappa shape index (κ1) is 14.0. The molecule has 108 valence electrons. The second kappa shape index (κ2) is 5.78. The molecule has 2 aromatic carbocycles. The number of hydrogen-bond acceptors (Lipinski definition) is 2. The number of aryl methyl sites for hydroxylation is 1. The highest BCUT2D eigenvalue weighted by Crippen LogP contribution is 2.21. The molecular formula is C18H18FNO. The van der Waals surface area contributed by atoms with Gasteiger partial charge in [-0.05, 0) is 54.3 Å². The quantitative estimate of drug-likeness (QED) is 0.876. The summed E-state index contributed by atoms with van der Waals surface area (Å²) in [6, 6.07) is 10.5. The van der Waals surface area contributed by atoms with Crippen LogP contribution in [0.15, 0.2) is 36.4 Å². The minimum atomic E-state index is -0.289. The third-order valence-electron chi connectivity index (χ3n) is 4.10. The number of fused-ring (bicyclic) bond motifs is 1. The van der Waals surface area contributed by atoms with Crippen LogP contribution < -0.4 is 5.32 Å². The molecule has 0 amide bonds. The number of rotatable bonds is 3. The van der Waals surface area contributed by atoms with Crippen LogP contribution in [0.3, 0.4) is 0 Å². The molecule has 1 N–H and O–H groups in total. The van der Waals surface area contributed by atoms with Gasteiger partial charge in [0.05, 0.1) is 0 Å². The van der Waals surface area contributed by atoms with E-state index in [2.05, 4.69) is 11.4 Å². The molecule has 1 aliphatic rings. The van der Waals surface area contributed by atoms with E-state index in [1.807, 2.05) is 19.1 Å². The van der Waals surface area contributed by atoms with Crippen LogP contribution in [-0.4, -0.2) is 12.3 Å². The molecule has 1 aliphatic heterocycles. The number of hydrogen-bond donors (Lipinski definition) is 1. The third kappa shape index (κ3) is 2.88. The lowest BCUT2D eigenvalue weighted by molar-refractivity contribution is 0.0991. The Hall–Kier alpha value is -2.00. The topological polar surface area (TPSA) is 29.1 Å². The molecule has 0 fully saturated rings. The van der Waals surface area contributed by atoms with Gasteiger partial charge in [-0.3, -0.25) is 4.79 Å². The van der Waals surface area contributed by atoms with Gasteiger partial charge in [-0.15, -0.1) is 0 Å². The van der Waals surface area contributed by atoms with Crippen LogP contribution in [0.5, 0.6) is 0 Å². The van der Waals surface area contributed by atoms with Crippen LogP contribution in [0, 0.1) is 12.7 Å². The highest BCUT2D eigenvalue weighted by Gasteiger charge is 2.18. The molecule has 2 nitrogen and oxygen atoms in total. The molecule has 0 unspecified atom stereocenters. The second-order valence-electron chi connectivity index (χ2n) is 5.54. The Balaban J connectivity index is 1.91. The largest absolute Gasteiger partial charge is 0.312 e. The maximum absolute atomic E-state index is 13.4. The molecule has 3 heteroatoms. The first-order chi connectivity index (χ1) is 10.1. The van der Waals surface area contributed by atoms with Gasteiger partial charge in [-0.25, -0.2) is 4.39 Å². The predicted molar refractivity (Wildman–Crippen MR) is 81.0 cm³/mol. The van der Waals surface area contributed by atoms with Crippen LogP contribution in [-0.2, 0) is 19.4 Å². The number of Topliss-reactive ketones (excluding diaryl/α,β-unsaturated/α-hetero) is 1. The van der Waals surface area contributed by atoms with Crippen molar-refractivity contribution in [2.75, 3.05) is 6.54 Å². The molecule has 0 spiro atoms. The van der Waals surface area contributed by atoms with Crippen molar-refractivity contribution in [2.45, 2.75) is 26.3 Å². The van der Waals surface area contributed by atoms with E-state index in [1.165, 1.54) is 17.7 Å². The van der Waals surface area contributed by atoms with Gasteiger partial charge in [-0.1, -0.05) is 24.3 Å². The second-order valence-corrected chi connectivity index (χ2v) is 5.54. The van der Waals surface area contributed by atoms with E-state index >= 15 is 0 Å². The molecule has 0 radical (unpaired) electrons. The fourth-order valence-corrected chi connectivity index (χ4v) is 2.89. The molecular weight excluding hydrogens is 265 g/mol. The van der Waals surface area contributed by atoms with Crippen LogP contribution in [0.2, 0.25) is 0 Å². The van der Waals surface area contributed by atoms with Crippen LogP contribution in [0.25, 0.3) is 0 Å². The first-order valence-electron chi connectivity index (χ1n) is 7.25. The third-order valence-corrected chi connectivity index (χ3v) is 4.10. The van der Waals surface area contributed by atoms with E-state index in [0.29, 0.717) is 0 Å². The lowest BCUT2D eigenvalue weighted by Gasteiger charge is -2.20. The number of benzene rings is 2. The summed E-state index contributed by atoms with van der Waals surface area (Å²) in [5, 5.41) is 3.31. The Morgan fingerprint density at radius 1 is 1.29 bits per heavy atom. The van der Waals surface area contributed by atoms with Gasteiger partial charge >= 0.3 is 0 Å². The monoisotopic (exact) mass is 283 g/mol. The summed E-state index contributed by atoms with van der Waals surface area (Å²) in [6.45, 7) is 3.62. The lowest BCUT2D eigenvalue weighted by atomic mass is 9.90. The zero-order valence-electron chi connectivity index (χ0n) is 12.1. The van der Waals surface area contributed by atoms with Crippen molar-refractivity contribution in [3.63, 3.8) is 0 Å². The average molecular weight is 283 g/mol. The van der Waals surface area contributed by atoms with E-state index in [9.17, 15) is 9.18 Å². The maximum atomic E-state index is 13.4. The van der Waals surface area contributed by atoms with Crippen molar-refractivity contribution in [1.82, 2.24) is 5.32 Å². The molecule has 3 rings (SSSR count). The van der Waals surface area contributed by atoms with Gasteiger partial charge in [0.2, 0.25) is 0 Å². The minimum absolute atomic E-state index is 0.0717. The molecule has 1 heterocycles. The average Bonchev–Trinajstić information content (AvgIpc) is 2.50. The molecule has 0 saturated carbocycles. The zero-order chi connectivity index (χ0) is 14.8. The van der Waals surface area contributed by atoms with E-state index in [0.717, 1.165) is 41.8 Å². The fourth-order valence-electron chi connectivity index (χ4n) is 2.89. The molecule has 21 heavy (non-hydrogen) atoms. The zero-order valence-corrected chi connectivity index (χ0v) is 12.1. The van der Waals surface area contributed by atoms with Crippen molar-refractivity contribution in [3.05, 3.63) is 70.0 Å². The van der Waals surface area contributed by atoms with Crippen molar-refractivity contribution in [3.8, 4) is 0 Å². The number of halogens is 1. The summed E-state index contributed by atoms with van der Waals surface area (Å²) in [6.07, 6.45) is 1.13. The standard InChI is InChI=1S/C18H18FNO/c1-12-5-6-15(19)9-14(12)10-18(21)17-4-2-3-13-11-20-8-7-16(13)17/h2-6,9,20H,7-8,10-11H2,1H3. The highest BCUT2D eigenvalue weighted by atomic mass is 19.1. The van der Waals surface area contributed by atoms with Crippen molar-refractivity contribution in [1.29, 1.82) is 0 Å². The predicted octanol–water partition coefficient (Wildman–Crippen LogP) is 3.21. The van der Waals surface area contributed by atoms with Gasteiger partial charge in [0, 0.05) is 18.5 Å². The number of carbonyl (C=O) groups is 1. The van der Waals surface area contributed by atoms with Gasteiger partial charge in [-0.2, -0.15) is 0 Å². The first-order valence-corrected chi connectivity index (χ1v) is 7.25. The summed E-state index contributed by atoms with van der Waals surface area (Å²) >= 11 is 0. The van der Waals surface area contributed by atoms with Crippen molar-refractivity contribution < 1.29 is 9.18 Å². The van der Waals surface area contributed by atoms with Gasteiger partial charge in [0.15, 0.2) is 5.78 Å². The van der Waals surface area contributed by atoms with E-state index in [1.54, 1.807) is 6.07 Å². The Morgan fingerprint density at radius 3 is 3.00 bits per heavy atom. The highest BCUT2D eigenvalue weighted by molar-refractivity contribution is 5.99. The van der Waals surface area contributed by atoms with E-state index in [-0.39, 0.29) is 18.0 Å². The maximum Gasteiger partial charge on any atom is 0.167 e. The van der Waals surface area contributed by atoms with Gasteiger partial charge in [0.25, 0.3) is 0 Å². The molecule has 0 aliphatic carbocycles. The molecule has 0 aromatic heterocycles. The van der Waals surface area contributed by atoms with Crippen molar-refractivity contribution >= 4 is 5.78 Å². The summed E-state index contributed by atoms with van der Waals surface area (Å²) in [7, 11) is 0. The number of ketones is 1. The fraction of sp³-hybridized carbons (Fsp3) is 0.278. The Morgan fingerprint density at radius 2 is 2.14 bits per heavy atom. The van der Waals surface area contributed by atoms with E-state index < -0.39 is 0 Å². The van der Waals surface area contributed by atoms with Crippen molar-refractivity contribution in [2.24, 2.45) is 0 Å². The smallest absolute Gasteiger partial charge is 0.167 e. The van der Waals surface area contributed by atoms with Crippen LogP contribution in [0.4, 0.5) is 4.39 Å². The number of carbonyl (C=O) groups excluding carboxylic acids is 1. The summed E-state index contributed by atoms with van der Waals surface area (Å²) < 4.78 is 13.4.